The monoisotopic (exact) mass is 268 g/mol. The molecule has 1 radical (unpaired) electrons. The molecule has 0 aromatic carbocycles. The molecule has 0 saturated carbocycles. The van der Waals surface area contributed by atoms with E-state index in [0.29, 0.717) is 5.15 Å². The zero-order valence-electron chi connectivity index (χ0n) is 4.27. The van der Waals surface area contributed by atoms with E-state index in [1.54, 1.807) is 0 Å². The van der Waals surface area contributed by atoms with Gasteiger partial charge in [-0.2, -0.15) is 0 Å². The molecule has 0 aliphatic rings. The second kappa shape index (κ2) is 3.12. The van der Waals surface area contributed by atoms with Crippen molar-refractivity contribution in [1.82, 2.24) is 4.98 Å². The third kappa shape index (κ3) is 1.75. The van der Waals surface area contributed by atoms with Gasteiger partial charge in [0.25, 0.3) is 0 Å². The van der Waals surface area contributed by atoms with E-state index >= 15 is 0 Å². The van der Waals surface area contributed by atoms with E-state index in [1.165, 1.54) is 17.3 Å². The van der Waals surface area contributed by atoms with Crippen LogP contribution >= 0.6 is 45.5 Å². The van der Waals surface area contributed by atoms with E-state index in [4.69, 9.17) is 19.1 Å². The SMILES string of the molecule is [B]=Cc1sc(I)nc1Cl. The summed E-state index contributed by atoms with van der Waals surface area (Å²) in [7, 11) is 5.22. The molecule has 1 nitrogen and oxygen atoms in total. The van der Waals surface area contributed by atoms with Crippen molar-refractivity contribution in [1.29, 1.82) is 0 Å². The molecular formula is C4HBClINS. The molecule has 1 heterocycles. The molecule has 1 aromatic rings. The first-order chi connectivity index (χ1) is 4.24. The third-order valence-electron chi connectivity index (χ3n) is 0.735. The van der Waals surface area contributed by atoms with Crippen LogP contribution in [0.3, 0.4) is 0 Å². The van der Waals surface area contributed by atoms with Crippen molar-refractivity contribution >= 4 is 59.0 Å². The first kappa shape index (κ1) is 7.69. The summed E-state index contributed by atoms with van der Waals surface area (Å²) in [5.41, 5.74) is 0. The Labute approximate surface area is 76.7 Å². The minimum atomic E-state index is 0.493. The Hall–Kier alpha value is 0.585. The van der Waals surface area contributed by atoms with Gasteiger partial charge < -0.3 is 0 Å². The number of thiazole rings is 1. The molecule has 0 N–H and O–H groups in total. The van der Waals surface area contributed by atoms with Crippen LogP contribution in [-0.2, 0) is 0 Å². The summed E-state index contributed by atoms with van der Waals surface area (Å²) in [5, 5.41) is 0.493. The normalized spacial score (nSPS) is 9.44. The van der Waals surface area contributed by atoms with Crippen molar-refractivity contribution in [2.24, 2.45) is 0 Å². The maximum absolute atomic E-state index is 5.63. The fourth-order valence-corrected chi connectivity index (χ4v) is 2.32. The Morgan fingerprint density at radius 2 is 2.44 bits per heavy atom. The first-order valence-corrected chi connectivity index (χ1v) is 4.38. The fourth-order valence-electron chi connectivity index (χ4n) is 0.391. The van der Waals surface area contributed by atoms with E-state index in [9.17, 15) is 0 Å². The van der Waals surface area contributed by atoms with Gasteiger partial charge in [0, 0.05) is 0 Å². The van der Waals surface area contributed by atoms with Gasteiger partial charge in [0.2, 0.25) is 0 Å². The van der Waals surface area contributed by atoms with Crippen molar-refractivity contribution in [3.63, 3.8) is 0 Å². The van der Waals surface area contributed by atoms with Gasteiger partial charge in [-0.25, -0.2) is 0 Å². The van der Waals surface area contributed by atoms with Gasteiger partial charge in [0.15, 0.2) is 0 Å². The minimum absolute atomic E-state index is 0.493. The zero-order valence-corrected chi connectivity index (χ0v) is 8.00. The van der Waals surface area contributed by atoms with Crippen LogP contribution in [0.1, 0.15) is 4.88 Å². The van der Waals surface area contributed by atoms with Crippen LogP contribution in [0, 0.1) is 3.01 Å². The van der Waals surface area contributed by atoms with Gasteiger partial charge in [-0.15, -0.1) is 0 Å². The summed E-state index contributed by atoms with van der Waals surface area (Å²) in [6.07, 6.45) is 0. The van der Waals surface area contributed by atoms with Gasteiger partial charge in [0.1, 0.15) is 0 Å². The Balaban J connectivity index is 3.15. The number of nitrogens with zero attached hydrogens (tertiary/aromatic N) is 1. The molecule has 0 spiro atoms. The van der Waals surface area contributed by atoms with Crippen LogP contribution < -0.4 is 0 Å². The van der Waals surface area contributed by atoms with E-state index in [0.717, 1.165) is 7.89 Å². The summed E-state index contributed by atoms with van der Waals surface area (Å²) in [5.74, 6) is 1.46. The van der Waals surface area contributed by atoms with Gasteiger partial charge >= 0.3 is 77.0 Å². The Morgan fingerprint density at radius 1 is 1.78 bits per heavy atom. The van der Waals surface area contributed by atoms with E-state index in [-0.39, 0.29) is 0 Å². The molecule has 0 aliphatic carbocycles. The summed E-state index contributed by atoms with van der Waals surface area (Å²) in [4.78, 5) is 4.78. The molecule has 0 atom stereocenters. The standard InChI is InChI=1S/C4HBClINS/c5-1-2-3(6)8-4(7)9-2/h1H. The molecule has 1 aromatic heterocycles. The zero-order chi connectivity index (χ0) is 6.85. The summed E-state index contributed by atoms with van der Waals surface area (Å²) >= 11 is 9.20. The molecule has 0 aliphatic heterocycles. The quantitative estimate of drug-likeness (QED) is 0.558. The van der Waals surface area contributed by atoms with Crippen molar-refractivity contribution in [2.45, 2.75) is 0 Å². The second-order valence-electron chi connectivity index (χ2n) is 1.29. The molecule has 9 heavy (non-hydrogen) atoms. The van der Waals surface area contributed by atoms with Gasteiger partial charge in [0.05, 0.1) is 0 Å². The van der Waals surface area contributed by atoms with Crippen molar-refractivity contribution < 1.29 is 0 Å². The summed E-state index contributed by atoms with van der Waals surface area (Å²) in [6.45, 7) is 0. The van der Waals surface area contributed by atoms with Crippen LogP contribution in [0.15, 0.2) is 0 Å². The average Bonchev–Trinajstić information content (AvgIpc) is 2.10. The number of hydrogen-bond donors (Lipinski definition) is 0. The summed E-state index contributed by atoms with van der Waals surface area (Å²) in [6, 6.07) is 0. The molecule has 5 heteroatoms. The second-order valence-corrected chi connectivity index (χ2v) is 4.43. The number of aromatic nitrogens is 1. The van der Waals surface area contributed by atoms with Crippen LogP contribution in [0.2, 0.25) is 5.15 Å². The molecule has 0 saturated heterocycles. The summed E-state index contributed by atoms with van der Waals surface area (Å²) < 4.78 is 0.911. The average molecular weight is 268 g/mol. The predicted octanol–water partition coefficient (Wildman–Crippen LogP) is 1.72. The van der Waals surface area contributed by atoms with Crippen LogP contribution in [-0.4, -0.2) is 18.4 Å². The van der Waals surface area contributed by atoms with Gasteiger partial charge in [-0.1, -0.05) is 0 Å². The molecule has 0 bridgehead atoms. The molecule has 0 unspecified atom stereocenters. The van der Waals surface area contributed by atoms with Gasteiger partial charge in [-0.3, -0.25) is 0 Å². The maximum atomic E-state index is 5.63. The Morgan fingerprint density at radius 3 is 2.67 bits per heavy atom. The third-order valence-corrected chi connectivity index (χ3v) is 2.85. The topological polar surface area (TPSA) is 12.9 Å². The Kier molecular flexibility index (Phi) is 2.66. The van der Waals surface area contributed by atoms with E-state index < -0.39 is 0 Å². The van der Waals surface area contributed by atoms with Crippen LogP contribution in [0.4, 0.5) is 0 Å². The molecular weight excluding hydrogens is 267 g/mol. The number of rotatable bonds is 1. The number of hydrogen-bond acceptors (Lipinski definition) is 2. The molecule has 0 amide bonds. The van der Waals surface area contributed by atoms with Crippen LogP contribution in [0.5, 0.6) is 0 Å². The van der Waals surface area contributed by atoms with Gasteiger partial charge in [-0.05, 0) is 0 Å². The molecule has 45 valence electrons. The van der Waals surface area contributed by atoms with Crippen molar-refractivity contribution in [3.8, 4) is 0 Å². The molecule has 1 rings (SSSR count). The first-order valence-electron chi connectivity index (χ1n) is 2.11. The molecule has 0 fully saturated rings. The predicted molar refractivity (Wildman–Crippen MR) is 50.8 cm³/mol. The van der Waals surface area contributed by atoms with Crippen molar-refractivity contribution in [3.05, 3.63) is 13.0 Å². The van der Waals surface area contributed by atoms with E-state index in [1.807, 2.05) is 0 Å². The van der Waals surface area contributed by atoms with E-state index in [2.05, 4.69) is 27.6 Å². The fraction of sp³-hybridized carbons (Fsp3) is 0. The van der Waals surface area contributed by atoms with Crippen molar-refractivity contribution in [2.75, 3.05) is 0 Å². The number of halogens is 2. The van der Waals surface area contributed by atoms with Crippen LogP contribution in [0.25, 0.3) is 0 Å². The Bertz CT molecular complexity index is 236.